The fourth-order valence-corrected chi connectivity index (χ4v) is 2.15. The van der Waals surface area contributed by atoms with E-state index in [1.165, 1.54) is 0 Å². The number of carbonyl (C=O) groups is 1. The zero-order valence-corrected chi connectivity index (χ0v) is 13.0. The van der Waals surface area contributed by atoms with Gasteiger partial charge in [-0.15, -0.1) is 0 Å². The van der Waals surface area contributed by atoms with E-state index in [-0.39, 0.29) is 18.6 Å². The molecule has 5 heteroatoms. The van der Waals surface area contributed by atoms with E-state index in [1.807, 2.05) is 25.1 Å². The van der Waals surface area contributed by atoms with Crippen LogP contribution < -0.4 is 10.1 Å². The molecule has 0 bridgehead atoms. The van der Waals surface area contributed by atoms with Crippen LogP contribution in [0, 0.1) is 0 Å². The molecule has 1 N–H and O–H groups in total. The molecule has 0 aliphatic rings. The van der Waals surface area contributed by atoms with E-state index in [2.05, 4.69) is 5.32 Å². The van der Waals surface area contributed by atoms with Crippen molar-refractivity contribution in [2.24, 2.45) is 0 Å². The Labute approximate surface area is 133 Å². The molecule has 0 unspecified atom stereocenters. The predicted molar refractivity (Wildman–Crippen MR) is 85.0 cm³/mol. The summed E-state index contributed by atoms with van der Waals surface area (Å²) in [5.74, 6) is 0.405. The third kappa shape index (κ3) is 4.96. The quantitative estimate of drug-likeness (QED) is 0.893. The molecule has 2 aromatic carbocycles. The van der Waals surface area contributed by atoms with E-state index in [1.54, 1.807) is 30.3 Å². The lowest BCUT2D eigenvalue weighted by Crippen LogP contribution is -2.31. The van der Waals surface area contributed by atoms with Crippen LogP contribution in [-0.4, -0.2) is 12.5 Å². The number of amides is 1. The van der Waals surface area contributed by atoms with Crippen molar-refractivity contribution in [3.05, 3.63) is 64.1 Å². The molecule has 0 aliphatic heterocycles. The van der Waals surface area contributed by atoms with Gasteiger partial charge >= 0.3 is 0 Å². The molecule has 0 heterocycles. The minimum absolute atomic E-state index is 0.0491. The molecule has 0 spiro atoms. The second kappa shape index (κ2) is 7.34. The summed E-state index contributed by atoms with van der Waals surface area (Å²) < 4.78 is 5.39. The highest BCUT2D eigenvalue weighted by Gasteiger charge is 2.10. The zero-order valence-electron chi connectivity index (χ0n) is 11.5. The van der Waals surface area contributed by atoms with Gasteiger partial charge in [-0.2, -0.15) is 0 Å². The summed E-state index contributed by atoms with van der Waals surface area (Å²) in [6.07, 6.45) is 0. The zero-order chi connectivity index (χ0) is 15.2. The molecule has 2 rings (SSSR count). The highest BCUT2D eigenvalue weighted by molar-refractivity contribution is 6.30. The molecule has 1 atom stereocenters. The molecule has 0 fully saturated rings. The van der Waals surface area contributed by atoms with Gasteiger partial charge in [0, 0.05) is 10.0 Å². The third-order valence-electron chi connectivity index (χ3n) is 2.91. The number of hydrogen-bond donors (Lipinski definition) is 1. The summed E-state index contributed by atoms with van der Waals surface area (Å²) in [4.78, 5) is 11.9. The molecule has 2 aromatic rings. The number of hydrogen-bond acceptors (Lipinski definition) is 2. The second-order valence-electron chi connectivity index (χ2n) is 4.59. The van der Waals surface area contributed by atoms with Gasteiger partial charge in [0.05, 0.1) is 6.04 Å². The summed E-state index contributed by atoms with van der Waals surface area (Å²) in [6.45, 7) is 1.85. The molecular formula is C16H15Cl2NO2. The molecule has 0 aliphatic carbocycles. The first-order valence-corrected chi connectivity index (χ1v) is 7.23. The molecule has 0 saturated carbocycles. The van der Waals surface area contributed by atoms with E-state index < -0.39 is 0 Å². The van der Waals surface area contributed by atoms with Crippen LogP contribution in [0.15, 0.2) is 48.5 Å². The van der Waals surface area contributed by atoms with Gasteiger partial charge in [0.15, 0.2) is 6.61 Å². The second-order valence-corrected chi connectivity index (χ2v) is 5.46. The maximum absolute atomic E-state index is 11.9. The van der Waals surface area contributed by atoms with Crippen molar-refractivity contribution in [3.63, 3.8) is 0 Å². The number of ether oxygens (including phenoxy) is 1. The Bertz CT molecular complexity index is 614. The SMILES string of the molecule is C[C@H](NC(=O)COc1ccc(Cl)cc1)c1cccc(Cl)c1. The van der Waals surface area contributed by atoms with Crippen molar-refractivity contribution >= 4 is 29.1 Å². The van der Waals surface area contributed by atoms with Gasteiger partial charge in [0.2, 0.25) is 0 Å². The first kappa shape index (κ1) is 15.7. The van der Waals surface area contributed by atoms with Crippen molar-refractivity contribution in [2.45, 2.75) is 13.0 Å². The monoisotopic (exact) mass is 323 g/mol. The highest BCUT2D eigenvalue weighted by Crippen LogP contribution is 2.18. The summed E-state index contributed by atoms with van der Waals surface area (Å²) in [6, 6.07) is 14.1. The lowest BCUT2D eigenvalue weighted by Gasteiger charge is -2.15. The number of carbonyl (C=O) groups excluding carboxylic acids is 1. The van der Waals surface area contributed by atoms with Crippen LogP contribution >= 0.6 is 23.2 Å². The lowest BCUT2D eigenvalue weighted by atomic mass is 10.1. The van der Waals surface area contributed by atoms with Crippen molar-refractivity contribution in [2.75, 3.05) is 6.61 Å². The normalized spacial score (nSPS) is 11.8. The summed E-state index contributed by atoms with van der Waals surface area (Å²) in [7, 11) is 0. The molecule has 0 radical (unpaired) electrons. The Hall–Kier alpha value is -1.71. The first-order valence-electron chi connectivity index (χ1n) is 6.48. The average Bonchev–Trinajstić information content (AvgIpc) is 2.46. The number of nitrogens with one attached hydrogen (secondary N) is 1. The Morgan fingerprint density at radius 3 is 2.52 bits per heavy atom. The highest BCUT2D eigenvalue weighted by atomic mass is 35.5. The minimum Gasteiger partial charge on any atom is -0.484 e. The molecular weight excluding hydrogens is 309 g/mol. The van der Waals surface area contributed by atoms with Crippen LogP contribution in [0.4, 0.5) is 0 Å². The number of benzene rings is 2. The molecule has 0 aromatic heterocycles. The van der Waals surface area contributed by atoms with E-state index >= 15 is 0 Å². The molecule has 0 saturated heterocycles. The van der Waals surface area contributed by atoms with Gasteiger partial charge in [-0.1, -0.05) is 35.3 Å². The Kier molecular flexibility index (Phi) is 5.48. The topological polar surface area (TPSA) is 38.3 Å². The summed E-state index contributed by atoms with van der Waals surface area (Å²) in [5.41, 5.74) is 0.947. The molecule has 21 heavy (non-hydrogen) atoms. The van der Waals surface area contributed by atoms with E-state index in [9.17, 15) is 4.79 Å². The standard InChI is InChI=1S/C16H15Cl2NO2/c1-11(12-3-2-4-14(18)9-12)19-16(20)10-21-15-7-5-13(17)6-8-15/h2-9,11H,10H2,1H3,(H,19,20)/t11-/m0/s1. The van der Waals surface area contributed by atoms with Gasteiger partial charge < -0.3 is 10.1 Å². The third-order valence-corrected chi connectivity index (χ3v) is 3.40. The lowest BCUT2D eigenvalue weighted by molar-refractivity contribution is -0.123. The minimum atomic E-state index is -0.197. The van der Waals surface area contributed by atoms with Gasteiger partial charge in [-0.25, -0.2) is 0 Å². The van der Waals surface area contributed by atoms with Crippen LogP contribution in [0.2, 0.25) is 10.0 Å². The maximum Gasteiger partial charge on any atom is 0.258 e. The van der Waals surface area contributed by atoms with E-state index in [0.717, 1.165) is 5.56 Å². The van der Waals surface area contributed by atoms with Crippen molar-refractivity contribution in [1.29, 1.82) is 0 Å². The summed E-state index contributed by atoms with van der Waals surface area (Å²) in [5, 5.41) is 4.13. The van der Waals surface area contributed by atoms with Crippen LogP contribution in [0.1, 0.15) is 18.5 Å². The predicted octanol–water partition coefficient (Wildman–Crippen LogP) is 4.25. The average molecular weight is 324 g/mol. The van der Waals surface area contributed by atoms with Gasteiger partial charge in [-0.05, 0) is 48.9 Å². The summed E-state index contributed by atoms with van der Waals surface area (Å²) >= 11 is 11.7. The number of halogens is 2. The van der Waals surface area contributed by atoms with Gasteiger partial charge in [-0.3, -0.25) is 4.79 Å². The fourth-order valence-electron chi connectivity index (χ4n) is 1.82. The van der Waals surface area contributed by atoms with E-state index in [4.69, 9.17) is 27.9 Å². The number of rotatable bonds is 5. The first-order chi connectivity index (χ1) is 10.0. The largest absolute Gasteiger partial charge is 0.484 e. The van der Waals surface area contributed by atoms with Gasteiger partial charge in [0.1, 0.15) is 5.75 Å². The molecule has 110 valence electrons. The van der Waals surface area contributed by atoms with Crippen molar-refractivity contribution in [1.82, 2.24) is 5.32 Å². The maximum atomic E-state index is 11.9. The molecule has 1 amide bonds. The van der Waals surface area contributed by atoms with Crippen LogP contribution in [0.5, 0.6) is 5.75 Å². The molecule has 3 nitrogen and oxygen atoms in total. The van der Waals surface area contributed by atoms with E-state index in [0.29, 0.717) is 15.8 Å². The Morgan fingerprint density at radius 1 is 1.14 bits per heavy atom. The smallest absolute Gasteiger partial charge is 0.258 e. The Morgan fingerprint density at radius 2 is 1.86 bits per heavy atom. The van der Waals surface area contributed by atoms with Crippen LogP contribution in [0.25, 0.3) is 0 Å². The van der Waals surface area contributed by atoms with Gasteiger partial charge in [0.25, 0.3) is 5.91 Å². The Balaban J connectivity index is 1.85. The van der Waals surface area contributed by atoms with Crippen molar-refractivity contribution in [3.8, 4) is 5.75 Å². The van der Waals surface area contributed by atoms with Crippen molar-refractivity contribution < 1.29 is 9.53 Å². The fraction of sp³-hybridized carbons (Fsp3) is 0.188. The van der Waals surface area contributed by atoms with Crippen LogP contribution in [-0.2, 0) is 4.79 Å². The van der Waals surface area contributed by atoms with Crippen LogP contribution in [0.3, 0.4) is 0 Å².